The molecule has 3 atom stereocenters. The third-order valence-corrected chi connectivity index (χ3v) is 8.16. The number of benzene rings is 2. The maximum Gasteiger partial charge on any atom is 0.309 e. The highest BCUT2D eigenvalue weighted by Gasteiger charge is 2.35. The van der Waals surface area contributed by atoms with Crippen LogP contribution in [0.3, 0.4) is 0 Å². The quantitative estimate of drug-likeness (QED) is 0.398. The van der Waals surface area contributed by atoms with E-state index in [0.717, 1.165) is 16.8 Å². The van der Waals surface area contributed by atoms with E-state index in [4.69, 9.17) is 4.74 Å². The van der Waals surface area contributed by atoms with Crippen molar-refractivity contribution in [1.29, 1.82) is 0 Å². The Hall–Kier alpha value is -4.14. The van der Waals surface area contributed by atoms with Crippen molar-refractivity contribution in [3.8, 4) is 11.1 Å². The minimum Gasteiger partial charge on any atom is -0.469 e. The number of piperidine rings is 1. The van der Waals surface area contributed by atoms with E-state index in [1.165, 1.54) is 25.3 Å². The molecule has 3 aromatic rings. The Kier molecular flexibility index (Phi) is 8.42. The molecule has 9 heteroatoms. The molecule has 1 unspecified atom stereocenters. The van der Waals surface area contributed by atoms with Gasteiger partial charge < -0.3 is 15.0 Å². The number of nitrogens with one attached hydrogen (secondary N) is 1. The van der Waals surface area contributed by atoms with E-state index in [1.54, 1.807) is 17.2 Å². The fourth-order valence-electron chi connectivity index (χ4n) is 5.89. The number of halogens is 2. The highest BCUT2D eigenvalue weighted by molar-refractivity contribution is 5.97. The van der Waals surface area contributed by atoms with E-state index in [9.17, 15) is 23.2 Å². The van der Waals surface area contributed by atoms with Gasteiger partial charge in [0.25, 0.3) is 0 Å². The van der Waals surface area contributed by atoms with Crippen LogP contribution >= 0.6 is 0 Å². The van der Waals surface area contributed by atoms with Gasteiger partial charge in [0.15, 0.2) is 0 Å². The summed E-state index contributed by atoms with van der Waals surface area (Å²) in [4.78, 5) is 44.9. The summed E-state index contributed by atoms with van der Waals surface area (Å²) in [6.07, 6.45) is 4.09. The standard InChI is InChI=1S/C32H33F2N3O4/c1-19-5-3-8-28(37-14-12-22(18-29(37)38)31-24(33)6-4-7-25(31)34)27-17-21(11-13-35-27)23-10-9-20(16-30(39)41-2)15-26(23)36-32(19)40/h4,6-7,9-11,13,15,17,19,22,28H,3,5,8,12,14,16,18H2,1-2H3,(H,36,40)/t19-,22?,28+/m1/s1. The predicted molar refractivity (Wildman–Crippen MR) is 150 cm³/mol. The summed E-state index contributed by atoms with van der Waals surface area (Å²) >= 11 is 0. The number of aromatic nitrogens is 1. The smallest absolute Gasteiger partial charge is 0.309 e. The topological polar surface area (TPSA) is 88.6 Å². The van der Waals surface area contributed by atoms with E-state index in [2.05, 4.69) is 10.3 Å². The second-order valence-corrected chi connectivity index (χ2v) is 10.9. The number of ether oxygens (including phenoxy) is 1. The molecule has 2 aliphatic rings. The SMILES string of the molecule is COC(=O)Cc1ccc2c(c1)NC(=O)[C@H](C)CCC[C@H](N1CCC(c3c(F)cccc3F)CC1=O)c1cc-2ccn1. The van der Waals surface area contributed by atoms with Crippen molar-refractivity contribution in [2.45, 2.75) is 57.4 Å². The molecule has 0 saturated carbocycles. The van der Waals surface area contributed by atoms with Gasteiger partial charge in [-0.2, -0.15) is 0 Å². The maximum atomic E-state index is 14.5. The van der Waals surface area contributed by atoms with E-state index in [-0.39, 0.29) is 48.1 Å². The zero-order valence-electron chi connectivity index (χ0n) is 23.2. The van der Waals surface area contributed by atoms with Gasteiger partial charge in [-0.05, 0) is 60.7 Å². The summed E-state index contributed by atoms with van der Waals surface area (Å²) in [5.41, 5.74) is 3.56. The lowest BCUT2D eigenvalue weighted by molar-refractivity contribution is -0.140. The molecule has 0 spiro atoms. The van der Waals surface area contributed by atoms with Gasteiger partial charge in [-0.25, -0.2) is 8.78 Å². The number of carbonyl (C=O) groups excluding carboxylic acids is 3. The van der Waals surface area contributed by atoms with Crippen LogP contribution in [0.4, 0.5) is 14.5 Å². The van der Waals surface area contributed by atoms with Crippen molar-refractivity contribution < 1.29 is 27.9 Å². The van der Waals surface area contributed by atoms with Crippen LogP contribution < -0.4 is 5.32 Å². The van der Waals surface area contributed by atoms with Gasteiger partial charge in [-0.1, -0.05) is 31.5 Å². The number of hydrogen-bond donors (Lipinski definition) is 1. The third kappa shape index (κ3) is 6.14. The van der Waals surface area contributed by atoms with Gasteiger partial charge in [0, 0.05) is 47.8 Å². The molecule has 2 bridgehead atoms. The normalized spacial score (nSPS) is 21.3. The van der Waals surface area contributed by atoms with Gasteiger partial charge >= 0.3 is 5.97 Å². The molecular formula is C32H33F2N3O4. The monoisotopic (exact) mass is 561 g/mol. The summed E-state index contributed by atoms with van der Waals surface area (Å²) in [5, 5.41) is 3.04. The molecule has 214 valence electrons. The van der Waals surface area contributed by atoms with E-state index in [1.807, 2.05) is 31.2 Å². The molecule has 3 heterocycles. The fourth-order valence-corrected chi connectivity index (χ4v) is 5.89. The van der Waals surface area contributed by atoms with E-state index >= 15 is 0 Å². The van der Waals surface area contributed by atoms with Crippen LogP contribution in [0, 0.1) is 17.6 Å². The molecule has 2 aliphatic heterocycles. The molecule has 1 saturated heterocycles. The Bertz CT molecular complexity index is 1460. The van der Waals surface area contributed by atoms with Crippen LogP contribution in [0.1, 0.15) is 67.8 Å². The van der Waals surface area contributed by atoms with Crippen LogP contribution in [0.15, 0.2) is 54.7 Å². The highest BCUT2D eigenvalue weighted by Crippen LogP contribution is 2.39. The minimum absolute atomic E-state index is 0.0126. The third-order valence-electron chi connectivity index (χ3n) is 8.16. The Morgan fingerprint density at radius 2 is 1.85 bits per heavy atom. The number of rotatable bonds is 4. The average molecular weight is 562 g/mol. The van der Waals surface area contributed by atoms with Crippen LogP contribution in [0.5, 0.6) is 0 Å². The van der Waals surface area contributed by atoms with Gasteiger partial charge in [0.2, 0.25) is 11.8 Å². The summed E-state index contributed by atoms with van der Waals surface area (Å²) in [6, 6.07) is 12.7. The van der Waals surface area contributed by atoms with Gasteiger partial charge in [-0.3, -0.25) is 19.4 Å². The fraction of sp³-hybridized carbons (Fsp3) is 0.375. The van der Waals surface area contributed by atoms with Crippen molar-refractivity contribution >= 4 is 23.5 Å². The maximum absolute atomic E-state index is 14.5. The molecule has 7 nitrogen and oxygen atoms in total. The second kappa shape index (κ2) is 12.2. The highest BCUT2D eigenvalue weighted by atomic mass is 19.1. The average Bonchev–Trinajstić information content (AvgIpc) is 2.95. The number of hydrogen-bond acceptors (Lipinski definition) is 5. The van der Waals surface area contributed by atoms with Crippen LogP contribution in [-0.2, 0) is 25.5 Å². The summed E-state index contributed by atoms with van der Waals surface area (Å²) < 4.78 is 33.8. The Morgan fingerprint density at radius 1 is 1.07 bits per heavy atom. The number of nitrogens with zero attached hydrogens (tertiary/aromatic N) is 2. The van der Waals surface area contributed by atoms with Crippen molar-refractivity contribution in [3.05, 3.63) is 83.2 Å². The molecule has 1 N–H and O–H groups in total. The molecule has 0 radical (unpaired) electrons. The first-order valence-corrected chi connectivity index (χ1v) is 14.0. The first kappa shape index (κ1) is 28.4. The lowest BCUT2D eigenvalue weighted by Crippen LogP contribution is -2.41. The predicted octanol–water partition coefficient (Wildman–Crippen LogP) is 5.95. The van der Waals surface area contributed by atoms with Gasteiger partial charge in [0.1, 0.15) is 11.6 Å². The molecular weight excluding hydrogens is 528 g/mol. The van der Waals surface area contributed by atoms with Gasteiger partial charge in [0.05, 0.1) is 25.3 Å². The van der Waals surface area contributed by atoms with Crippen molar-refractivity contribution in [3.63, 3.8) is 0 Å². The molecule has 1 aromatic heterocycles. The number of likely N-dealkylation sites (tertiary alicyclic amines) is 1. The minimum atomic E-state index is -0.628. The lowest BCUT2D eigenvalue weighted by atomic mass is 9.86. The molecule has 41 heavy (non-hydrogen) atoms. The lowest BCUT2D eigenvalue weighted by Gasteiger charge is -2.38. The zero-order valence-corrected chi connectivity index (χ0v) is 23.2. The number of carbonyl (C=O) groups is 3. The zero-order chi connectivity index (χ0) is 29.1. The Labute approximate surface area is 237 Å². The molecule has 0 aliphatic carbocycles. The number of fused-ring (bicyclic) bond motifs is 4. The number of anilines is 1. The summed E-state index contributed by atoms with van der Waals surface area (Å²) in [7, 11) is 1.33. The number of esters is 1. The second-order valence-electron chi connectivity index (χ2n) is 10.9. The van der Waals surface area contributed by atoms with Crippen LogP contribution in [-0.4, -0.2) is 41.3 Å². The first-order chi connectivity index (χ1) is 19.7. The largest absolute Gasteiger partial charge is 0.469 e. The van der Waals surface area contributed by atoms with Crippen LogP contribution in [0.25, 0.3) is 11.1 Å². The number of pyridine rings is 1. The first-order valence-electron chi connectivity index (χ1n) is 14.0. The van der Waals surface area contributed by atoms with Crippen molar-refractivity contribution in [1.82, 2.24) is 9.88 Å². The number of methoxy groups -OCH3 is 1. The Balaban J connectivity index is 1.48. The molecule has 1 fully saturated rings. The number of amides is 2. The molecule has 5 rings (SSSR count). The van der Waals surface area contributed by atoms with Crippen LogP contribution in [0.2, 0.25) is 0 Å². The van der Waals surface area contributed by atoms with E-state index in [0.29, 0.717) is 43.5 Å². The van der Waals surface area contributed by atoms with Crippen molar-refractivity contribution in [2.75, 3.05) is 19.0 Å². The van der Waals surface area contributed by atoms with Crippen molar-refractivity contribution in [2.24, 2.45) is 5.92 Å². The summed E-state index contributed by atoms with van der Waals surface area (Å²) in [5.74, 6) is -2.75. The van der Waals surface area contributed by atoms with Gasteiger partial charge in [-0.15, -0.1) is 0 Å². The molecule has 2 amide bonds. The Morgan fingerprint density at radius 3 is 2.59 bits per heavy atom. The van der Waals surface area contributed by atoms with E-state index < -0.39 is 17.6 Å². The molecule has 2 aromatic carbocycles. The summed E-state index contributed by atoms with van der Waals surface area (Å²) in [6.45, 7) is 2.21.